The molecule has 4 heteroatoms. The van der Waals surface area contributed by atoms with E-state index in [4.69, 9.17) is 4.74 Å². The lowest BCUT2D eigenvalue weighted by Gasteiger charge is -2.30. The first kappa shape index (κ1) is 19.5. The van der Waals surface area contributed by atoms with Crippen molar-refractivity contribution >= 4 is 5.78 Å². The van der Waals surface area contributed by atoms with Crippen LogP contribution in [0.15, 0.2) is 66.3 Å². The molecule has 0 unspecified atom stereocenters. The van der Waals surface area contributed by atoms with Gasteiger partial charge < -0.3 is 9.84 Å². The monoisotopic (exact) mass is 389 g/mol. The number of ketones is 1. The zero-order valence-corrected chi connectivity index (χ0v) is 16.8. The maximum absolute atomic E-state index is 12.6. The lowest BCUT2D eigenvalue weighted by molar-refractivity contribution is 0.103. The molecule has 0 bridgehead atoms. The summed E-state index contributed by atoms with van der Waals surface area (Å²) in [5.74, 6) is 1.01. The van der Waals surface area contributed by atoms with E-state index in [1.165, 1.54) is 12.7 Å². The molecule has 0 amide bonds. The number of phenolic OH excluding ortho intramolecular Hbond substituents is 1. The second kappa shape index (κ2) is 8.66. The summed E-state index contributed by atoms with van der Waals surface area (Å²) in [5, 5.41) is 9.93. The van der Waals surface area contributed by atoms with Gasteiger partial charge in [-0.05, 0) is 55.1 Å². The summed E-state index contributed by atoms with van der Waals surface area (Å²) in [7, 11) is 1.49. The van der Waals surface area contributed by atoms with Crippen molar-refractivity contribution in [3.63, 3.8) is 0 Å². The van der Waals surface area contributed by atoms with Crippen LogP contribution in [0.25, 0.3) is 0 Å². The van der Waals surface area contributed by atoms with Gasteiger partial charge >= 0.3 is 0 Å². The van der Waals surface area contributed by atoms with Crippen molar-refractivity contribution in [1.29, 1.82) is 0 Å². The molecule has 1 fully saturated rings. The van der Waals surface area contributed by atoms with Gasteiger partial charge in [0, 0.05) is 24.1 Å². The van der Waals surface area contributed by atoms with E-state index in [-0.39, 0.29) is 11.5 Å². The molecule has 0 spiro atoms. The first-order valence-electron chi connectivity index (χ1n) is 10.2. The Morgan fingerprint density at radius 1 is 1.17 bits per heavy atom. The summed E-state index contributed by atoms with van der Waals surface area (Å²) in [4.78, 5) is 15.1. The summed E-state index contributed by atoms with van der Waals surface area (Å²) < 4.78 is 5.12. The number of fused-ring (bicyclic) bond motifs is 1. The van der Waals surface area contributed by atoms with E-state index >= 15 is 0 Å². The molecule has 0 saturated carbocycles. The van der Waals surface area contributed by atoms with Gasteiger partial charge in [-0.25, -0.2) is 0 Å². The van der Waals surface area contributed by atoms with Gasteiger partial charge in [-0.1, -0.05) is 48.6 Å². The van der Waals surface area contributed by atoms with Crippen molar-refractivity contribution < 1.29 is 14.6 Å². The van der Waals surface area contributed by atoms with Crippen LogP contribution in [0.3, 0.4) is 0 Å². The summed E-state index contributed by atoms with van der Waals surface area (Å²) in [6.45, 7) is 3.22. The summed E-state index contributed by atoms with van der Waals surface area (Å²) in [6, 6.07) is 13.9. The average Bonchev–Trinajstić information content (AvgIpc) is 3.04. The number of rotatable bonds is 5. The number of likely N-dealkylation sites (tertiary alicyclic amines) is 1. The van der Waals surface area contributed by atoms with Crippen molar-refractivity contribution in [2.75, 3.05) is 20.2 Å². The van der Waals surface area contributed by atoms with Crippen LogP contribution >= 0.6 is 0 Å². The predicted molar refractivity (Wildman–Crippen MR) is 114 cm³/mol. The molecular formula is C25H27NO3. The van der Waals surface area contributed by atoms with Crippen LogP contribution in [0.5, 0.6) is 11.5 Å². The van der Waals surface area contributed by atoms with Crippen LogP contribution in [0, 0.1) is 5.92 Å². The normalized spacial score (nSPS) is 19.2. The maximum atomic E-state index is 12.6. The predicted octanol–water partition coefficient (Wildman–Crippen LogP) is 4.53. The summed E-state index contributed by atoms with van der Waals surface area (Å²) in [5.41, 5.74) is 3.63. The number of carbonyl (C=O) groups is 1. The summed E-state index contributed by atoms with van der Waals surface area (Å²) >= 11 is 0. The highest BCUT2D eigenvalue weighted by molar-refractivity contribution is 6.13. The van der Waals surface area contributed by atoms with Crippen LogP contribution in [0.2, 0.25) is 0 Å². The van der Waals surface area contributed by atoms with Gasteiger partial charge in [0.05, 0.1) is 7.11 Å². The van der Waals surface area contributed by atoms with Gasteiger partial charge in [0.2, 0.25) is 0 Å². The number of benzene rings is 2. The molecule has 150 valence electrons. The Hall–Kier alpha value is -2.85. The van der Waals surface area contributed by atoms with Gasteiger partial charge in [-0.3, -0.25) is 9.69 Å². The summed E-state index contributed by atoms with van der Waals surface area (Å²) in [6.07, 6.45) is 9.06. The third-order valence-electron chi connectivity index (χ3n) is 5.88. The number of piperidine rings is 1. The Balaban J connectivity index is 1.32. The lowest BCUT2D eigenvalue weighted by atomic mass is 9.95. The second-order valence-corrected chi connectivity index (χ2v) is 7.86. The van der Waals surface area contributed by atoms with Crippen molar-refractivity contribution in [1.82, 2.24) is 4.90 Å². The maximum Gasteiger partial charge on any atom is 0.189 e. The average molecular weight is 389 g/mol. The third-order valence-corrected chi connectivity index (χ3v) is 5.88. The molecule has 0 radical (unpaired) electrons. The molecule has 2 aliphatic rings. The van der Waals surface area contributed by atoms with Gasteiger partial charge in [0.25, 0.3) is 0 Å². The van der Waals surface area contributed by atoms with Gasteiger partial charge in [-0.15, -0.1) is 0 Å². The molecule has 1 N–H and O–H groups in total. The van der Waals surface area contributed by atoms with Crippen molar-refractivity contribution in [3.05, 3.63) is 83.0 Å². The topological polar surface area (TPSA) is 49.8 Å². The largest absolute Gasteiger partial charge is 0.504 e. The Labute approximate surface area is 172 Å². The number of Topliss-reactive ketones (excluding diaryl/α,β-unsaturated/α-hetero) is 1. The van der Waals surface area contributed by atoms with Gasteiger partial charge in [-0.2, -0.15) is 0 Å². The van der Waals surface area contributed by atoms with E-state index in [2.05, 4.69) is 41.3 Å². The molecule has 2 aromatic rings. The fraction of sp³-hybridized carbons (Fsp3) is 0.320. The van der Waals surface area contributed by atoms with Gasteiger partial charge in [0.15, 0.2) is 17.3 Å². The molecule has 1 heterocycles. The number of hydrogen-bond acceptors (Lipinski definition) is 4. The number of ether oxygens (including phenoxy) is 1. The Kier molecular flexibility index (Phi) is 5.81. The van der Waals surface area contributed by atoms with Crippen molar-refractivity contribution in [3.8, 4) is 11.5 Å². The minimum absolute atomic E-state index is 0.0284. The third kappa shape index (κ3) is 4.43. The van der Waals surface area contributed by atoms with Gasteiger partial charge in [0.1, 0.15) is 0 Å². The standard InChI is InChI=1S/C25H27NO3/c1-29-24-16-22-21(15-23(24)27)14-20(25(22)28)9-5-8-18-10-12-26(13-11-18)17-19-6-3-2-4-7-19/h2-9,15-16,18,27H,10-14,17H2,1H3. The van der Waals surface area contributed by atoms with Crippen LogP contribution in [-0.2, 0) is 13.0 Å². The molecule has 0 atom stereocenters. The van der Waals surface area contributed by atoms with Crippen LogP contribution in [-0.4, -0.2) is 36.0 Å². The fourth-order valence-electron chi connectivity index (χ4n) is 4.20. The van der Waals surface area contributed by atoms with E-state index in [0.29, 0.717) is 23.7 Å². The smallest absolute Gasteiger partial charge is 0.189 e. The van der Waals surface area contributed by atoms with E-state index in [0.717, 1.165) is 43.6 Å². The molecule has 29 heavy (non-hydrogen) atoms. The molecule has 1 saturated heterocycles. The first-order valence-corrected chi connectivity index (χ1v) is 10.2. The number of hydrogen-bond donors (Lipinski definition) is 1. The Bertz CT molecular complexity index is 938. The fourth-order valence-corrected chi connectivity index (χ4v) is 4.20. The van der Waals surface area contributed by atoms with Crippen LogP contribution in [0.1, 0.15) is 34.3 Å². The Morgan fingerprint density at radius 2 is 1.93 bits per heavy atom. The molecule has 1 aliphatic heterocycles. The number of phenols is 1. The van der Waals surface area contributed by atoms with Crippen LogP contribution < -0.4 is 4.74 Å². The van der Waals surface area contributed by atoms with Crippen LogP contribution in [0.4, 0.5) is 0 Å². The first-order chi connectivity index (χ1) is 14.1. The minimum atomic E-state index is 0.0284. The SMILES string of the molecule is COc1cc2c(cc1O)CC(=CC=CC1CCN(Cc3ccccc3)CC1)C2=O. The number of carbonyl (C=O) groups excluding carboxylic acids is 1. The molecule has 1 aliphatic carbocycles. The van der Waals surface area contributed by atoms with Crippen molar-refractivity contribution in [2.45, 2.75) is 25.8 Å². The number of nitrogens with zero attached hydrogens (tertiary/aromatic N) is 1. The lowest BCUT2D eigenvalue weighted by Crippen LogP contribution is -2.32. The number of aromatic hydroxyl groups is 1. The zero-order valence-electron chi connectivity index (χ0n) is 16.8. The molecule has 2 aromatic carbocycles. The van der Waals surface area contributed by atoms with Crippen molar-refractivity contribution in [2.24, 2.45) is 5.92 Å². The minimum Gasteiger partial charge on any atom is -0.504 e. The quantitative estimate of drug-likeness (QED) is 0.763. The van der Waals surface area contributed by atoms with E-state index < -0.39 is 0 Å². The highest BCUT2D eigenvalue weighted by atomic mass is 16.5. The van der Waals surface area contributed by atoms with E-state index in [1.807, 2.05) is 12.2 Å². The highest BCUT2D eigenvalue weighted by Gasteiger charge is 2.26. The zero-order chi connectivity index (χ0) is 20.2. The molecule has 0 aromatic heterocycles. The van der Waals surface area contributed by atoms with E-state index in [1.54, 1.807) is 12.1 Å². The second-order valence-electron chi connectivity index (χ2n) is 7.86. The number of methoxy groups -OCH3 is 1. The highest BCUT2D eigenvalue weighted by Crippen LogP contribution is 2.35. The number of allylic oxidation sites excluding steroid dienone is 4. The molecular weight excluding hydrogens is 362 g/mol. The molecule has 4 rings (SSSR count). The molecule has 4 nitrogen and oxygen atoms in total. The van der Waals surface area contributed by atoms with E-state index in [9.17, 15) is 9.90 Å². The Morgan fingerprint density at radius 3 is 2.66 bits per heavy atom.